The molecular weight excluding hydrogens is 334 g/mol. The maximum absolute atomic E-state index is 12.8. The van der Waals surface area contributed by atoms with Gasteiger partial charge >= 0.3 is 6.03 Å². The summed E-state index contributed by atoms with van der Waals surface area (Å²) in [6, 6.07) is 7.00. The summed E-state index contributed by atoms with van der Waals surface area (Å²) in [5.74, 6) is 2.33. The van der Waals surface area contributed by atoms with Crippen LogP contribution in [-0.2, 0) is 0 Å². The van der Waals surface area contributed by atoms with Crippen molar-refractivity contribution in [3.63, 3.8) is 0 Å². The van der Waals surface area contributed by atoms with Gasteiger partial charge in [-0.25, -0.2) is 4.79 Å². The van der Waals surface area contributed by atoms with Gasteiger partial charge in [0.2, 0.25) is 0 Å². The number of carbonyl (C=O) groups excluding carboxylic acids is 1. The zero-order valence-corrected chi connectivity index (χ0v) is 15.6. The third kappa shape index (κ3) is 3.61. The topological polar surface area (TPSA) is 76.8 Å². The van der Waals surface area contributed by atoms with Gasteiger partial charge in [-0.1, -0.05) is 19.0 Å². The third-order valence-corrected chi connectivity index (χ3v) is 4.62. The molecule has 2 aromatic rings. The predicted molar refractivity (Wildman–Crippen MR) is 97.8 cm³/mol. The standard InChI is InChI=1S/C19H25N3O4/c1-12(2)17-11-15(21-26-17)16-6-5-9-22(16)19(23)20-14-8-7-13(24-3)10-18(14)25-4/h7-8,10-12,16H,5-6,9H2,1-4H3,(H,20,23). The zero-order valence-electron chi connectivity index (χ0n) is 15.6. The number of nitrogens with one attached hydrogen (secondary N) is 1. The number of urea groups is 1. The molecule has 140 valence electrons. The number of nitrogens with zero attached hydrogens (tertiary/aromatic N) is 2. The van der Waals surface area contributed by atoms with E-state index in [1.807, 2.05) is 6.07 Å². The molecule has 0 aliphatic carbocycles. The molecule has 26 heavy (non-hydrogen) atoms. The van der Waals surface area contributed by atoms with Gasteiger partial charge in [0.05, 0.1) is 25.9 Å². The lowest BCUT2D eigenvalue weighted by Crippen LogP contribution is -2.34. The van der Waals surface area contributed by atoms with E-state index in [2.05, 4.69) is 24.3 Å². The van der Waals surface area contributed by atoms with E-state index in [4.69, 9.17) is 14.0 Å². The average Bonchev–Trinajstić information content (AvgIpc) is 3.30. The normalized spacial score (nSPS) is 16.8. The Hall–Kier alpha value is -2.70. The minimum absolute atomic E-state index is 0.0736. The molecule has 0 radical (unpaired) electrons. The molecule has 1 aromatic carbocycles. The van der Waals surface area contributed by atoms with Crippen LogP contribution < -0.4 is 14.8 Å². The summed E-state index contributed by atoms with van der Waals surface area (Å²) in [5.41, 5.74) is 1.41. The Kier molecular flexibility index (Phi) is 5.35. The van der Waals surface area contributed by atoms with E-state index in [9.17, 15) is 4.79 Å². The van der Waals surface area contributed by atoms with E-state index in [0.717, 1.165) is 24.3 Å². The Morgan fingerprint density at radius 2 is 2.12 bits per heavy atom. The average molecular weight is 359 g/mol. The van der Waals surface area contributed by atoms with Gasteiger partial charge < -0.3 is 24.2 Å². The fourth-order valence-corrected chi connectivity index (χ4v) is 3.14. The molecule has 1 aliphatic rings. The van der Waals surface area contributed by atoms with E-state index in [1.54, 1.807) is 37.3 Å². The number of rotatable bonds is 5. The van der Waals surface area contributed by atoms with Gasteiger partial charge in [0, 0.05) is 24.6 Å². The lowest BCUT2D eigenvalue weighted by Gasteiger charge is -2.24. The first-order valence-corrected chi connectivity index (χ1v) is 8.79. The first-order chi connectivity index (χ1) is 12.5. The largest absolute Gasteiger partial charge is 0.497 e. The van der Waals surface area contributed by atoms with Gasteiger partial charge in [0.25, 0.3) is 0 Å². The van der Waals surface area contributed by atoms with E-state index in [-0.39, 0.29) is 18.0 Å². The molecular formula is C19H25N3O4. The third-order valence-electron chi connectivity index (χ3n) is 4.62. The van der Waals surface area contributed by atoms with Crippen molar-refractivity contribution in [3.05, 3.63) is 35.7 Å². The molecule has 3 rings (SSSR count). The number of anilines is 1. The molecule has 1 fully saturated rings. The number of hydrogen-bond acceptors (Lipinski definition) is 5. The van der Waals surface area contributed by atoms with E-state index >= 15 is 0 Å². The number of ether oxygens (including phenoxy) is 2. The minimum atomic E-state index is -0.176. The van der Waals surface area contributed by atoms with Gasteiger partial charge in [-0.15, -0.1) is 0 Å². The fourth-order valence-electron chi connectivity index (χ4n) is 3.14. The summed E-state index contributed by atoms with van der Waals surface area (Å²) in [6.07, 6.45) is 1.80. The molecule has 2 heterocycles. The highest BCUT2D eigenvalue weighted by Gasteiger charge is 2.33. The van der Waals surface area contributed by atoms with Crippen LogP contribution in [0.3, 0.4) is 0 Å². The highest BCUT2D eigenvalue weighted by atomic mass is 16.5. The maximum atomic E-state index is 12.8. The lowest BCUT2D eigenvalue weighted by molar-refractivity contribution is 0.204. The molecule has 1 aliphatic heterocycles. The van der Waals surface area contributed by atoms with E-state index < -0.39 is 0 Å². The first kappa shape index (κ1) is 18.1. The molecule has 1 unspecified atom stereocenters. The van der Waals surface area contributed by atoms with Gasteiger partial charge in [0.15, 0.2) is 0 Å². The summed E-state index contributed by atoms with van der Waals surface area (Å²) < 4.78 is 15.9. The number of benzene rings is 1. The Labute approximate surface area is 153 Å². The van der Waals surface area contributed by atoms with Crippen LogP contribution in [0.2, 0.25) is 0 Å². The lowest BCUT2D eigenvalue weighted by atomic mass is 10.1. The van der Waals surface area contributed by atoms with Crippen molar-refractivity contribution in [2.75, 3.05) is 26.1 Å². The molecule has 7 heteroatoms. The van der Waals surface area contributed by atoms with Crippen molar-refractivity contribution in [2.24, 2.45) is 0 Å². The van der Waals surface area contributed by atoms with Crippen LogP contribution >= 0.6 is 0 Å². The van der Waals surface area contributed by atoms with Crippen molar-refractivity contribution < 1.29 is 18.8 Å². The van der Waals surface area contributed by atoms with Crippen LogP contribution in [-0.4, -0.2) is 36.9 Å². The number of likely N-dealkylation sites (tertiary alicyclic amines) is 1. The number of methoxy groups -OCH3 is 2. The molecule has 0 bridgehead atoms. The summed E-state index contributed by atoms with van der Waals surface area (Å²) >= 11 is 0. The number of carbonyl (C=O) groups is 1. The van der Waals surface area contributed by atoms with Crippen LogP contribution in [0.5, 0.6) is 11.5 Å². The smallest absolute Gasteiger partial charge is 0.322 e. The number of aromatic nitrogens is 1. The molecule has 7 nitrogen and oxygen atoms in total. The van der Waals surface area contributed by atoms with Crippen molar-refractivity contribution in [1.29, 1.82) is 0 Å². The van der Waals surface area contributed by atoms with Crippen molar-refractivity contribution in [3.8, 4) is 11.5 Å². The van der Waals surface area contributed by atoms with Gasteiger partial charge in [-0.05, 0) is 25.0 Å². The fraction of sp³-hybridized carbons (Fsp3) is 0.474. The number of hydrogen-bond donors (Lipinski definition) is 1. The summed E-state index contributed by atoms with van der Waals surface area (Å²) in [4.78, 5) is 14.6. The molecule has 0 saturated carbocycles. The summed E-state index contributed by atoms with van der Waals surface area (Å²) in [7, 11) is 3.15. The van der Waals surface area contributed by atoms with Crippen molar-refractivity contribution in [1.82, 2.24) is 10.1 Å². The van der Waals surface area contributed by atoms with Gasteiger partial charge in [-0.2, -0.15) is 0 Å². The van der Waals surface area contributed by atoms with Crippen LogP contribution in [0.25, 0.3) is 0 Å². The monoisotopic (exact) mass is 359 g/mol. The maximum Gasteiger partial charge on any atom is 0.322 e. The summed E-state index contributed by atoms with van der Waals surface area (Å²) in [6.45, 7) is 4.79. The van der Waals surface area contributed by atoms with Gasteiger partial charge in [-0.3, -0.25) is 0 Å². The second-order valence-corrected chi connectivity index (χ2v) is 6.66. The quantitative estimate of drug-likeness (QED) is 0.866. The first-order valence-electron chi connectivity index (χ1n) is 8.79. The second-order valence-electron chi connectivity index (χ2n) is 6.66. The molecule has 1 aromatic heterocycles. The van der Waals surface area contributed by atoms with Crippen LogP contribution in [0.1, 0.15) is 50.1 Å². The van der Waals surface area contributed by atoms with Crippen LogP contribution in [0.4, 0.5) is 10.5 Å². The molecule has 1 N–H and O–H groups in total. The summed E-state index contributed by atoms with van der Waals surface area (Å²) in [5, 5.41) is 7.11. The Balaban J connectivity index is 1.76. The highest BCUT2D eigenvalue weighted by Crippen LogP contribution is 2.34. The Bertz CT molecular complexity index is 772. The number of amides is 2. The molecule has 1 saturated heterocycles. The highest BCUT2D eigenvalue weighted by molar-refractivity contribution is 5.91. The van der Waals surface area contributed by atoms with Crippen molar-refractivity contribution >= 4 is 11.7 Å². The Morgan fingerprint density at radius 3 is 2.77 bits per heavy atom. The zero-order chi connectivity index (χ0) is 18.7. The van der Waals surface area contributed by atoms with Crippen LogP contribution in [0, 0.1) is 0 Å². The van der Waals surface area contributed by atoms with E-state index in [1.165, 1.54) is 0 Å². The minimum Gasteiger partial charge on any atom is -0.497 e. The SMILES string of the molecule is COc1ccc(NC(=O)N2CCCC2c2cc(C(C)C)on2)c(OC)c1. The Morgan fingerprint density at radius 1 is 1.31 bits per heavy atom. The van der Waals surface area contributed by atoms with Crippen LogP contribution in [0.15, 0.2) is 28.8 Å². The van der Waals surface area contributed by atoms with Gasteiger partial charge in [0.1, 0.15) is 23.0 Å². The molecule has 2 amide bonds. The molecule has 1 atom stereocenters. The predicted octanol–water partition coefficient (Wildman–Crippen LogP) is 4.18. The second kappa shape index (κ2) is 7.68. The molecule has 0 spiro atoms. The van der Waals surface area contributed by atoms with Crippen molar-refractivity contribution in [2.45, 2.75) is 38.6 Å². The van der Waals surface area contributed by atoms with E-state index in [0.29, 0.717) is 23.7 Å².